The minimum absolute atomic E-state index is 0.0272. The second kappa shape index (κ2) is 8.07. The highest BCUT2D eigenvalue weighted by molar-refractivity contribution is 5.60. The average Bonchev–Trinajstić information content (AvgIpc) is 2.64. The number of carbonyl (C=O) groups excluding carboxylic acids is 4. The summed E-state index contributed by atoms with van der Waals surface area (Å²) in [6.07, 6.45) is 8.58. The summed E-state index contributed by atoms with van der Waals surface area (Å²) in [6.45, 7) is 3.64. The van der Waals surface area contributed by atoms with Crippen LogP contribution >= 0.6 is 0 Å². The molecule has 1 aliphatic carbocycles. The number of rotatable bonds is 6. The van der Waals surface area contributed by atoms with Crippen molar-refractivity contribution in [1.29, 1.82) is 0 Å². The van der Waals surface area contributed by atoms with Crippen molar-refractivity contribution >= 4 is 30.0 Å². The molecule has 0 radical (unpaired) electrons. The maximum Gasteiger partial charge on any atom is 0.240 e. The molecule has 0 atom stereocenters. The van der Waals surface area contributed by atoms with Gasteiger partial charge >= 0.3 is 0 Å². The zero-order chi connectivity index (χ0) is 19.9. The number of nitrogens with zero attached hydrogens (tertiary/aromatic N) is 4. The van der Waals surface area contributed by atoms with Gasteiger partial charge in [0.1, 0.15) is 0 Å². The molecule has 1 aromatic rings. The molecule has 134 valence electrons. The van der Waals surface area contributed by atoms with E-state index in [0.29, 0.717) is 16.8 Å². The van der Waals surface area contributed by atoms with Crippen LogP contribution in [0.3, 0.4) is 0 Å². The smallest absolute Gasteiger partial charge is 0.211 e. The van der Waals surface area contributed by atoms with Crippen molar-refractivity contribution in [3.05, 3.63) is 53.3 Å². The topological polar surface area (TPSA) is 118 Å². The lowest BCUT2D eigenvalue weighted by atomic mass is 9.71. The summed E-state index contributed by atoms with van der Waals surface area (Å²) in [5, 5.41) is 0. The molecule has 1 aliphatic rings. The van der Waals surface area contributed by atoms with Gasteiger partial charge in [-0.25, -0.2) is 19.2 Å². The number of isocyanates is 4. The monoisotopic (exact) mass is 362 g/mol. The van der Waals surface area contributed by atoms with Gasteiger partial charge in [-0.05, 0) is 29.4 Å². The molecule has 0 fully saturated rings. The third-order valence-corrected chi connectivity index (χ3v) is 4.40. The highest BCUT2D eigenvalue weighted by atomic mass is 16.1. The van der Waals surface area contributed by atoms with Crippen LogP contribution < -0.4 is 0 Å². The molecule has 0 unspecified atom stereocenters. The molecule has 0 amide bonds. The molecule has 0 bridgehead atoms. The number of allylic oxidation sites excluding steroid dienone is 1. The molecule has 0 saturated carbocycles. The lowest BCUT2D eigenvalue weighted by Gasteiger charge is -2.35. The summed E-state index contributed by atoms with van der Waals surface area (Å²) < 4.78 is 0. The van der Waals surface area contributed by atoms with Crippen LogP contribution in [-0.2, 0) is 24.6 Å². The van der Waals surface area contributed by atoms with Crippen LogP contribution in [0, 0.1) is 0 Å². The highest BCUT2D eigenvalue weighted by Gasteiger charge is 2.39. The number of hydrogen-bond donors (Lipinski definition) is 0. The van der Waals surface area contributed by atoms with E-state index in [1.54, 1.807) is 24.3 Å². The molecule has 0 heterocycles. The van der Waals surface area contributed by atoms with Crippen LogP contribution in [0.1, 0.15) is 25.8 Å². The Morgan fingerprint density at radius 1 is 0.926 bits per heavy atom. The van der Waals surface area contributed by atoms with E-state index in [0.717, 1.165) is 0 Å². The first-order valence-corrected chi connectivity index (χ1v) is 7.80. The van der Waals surface area contributed by atoms with E-state index in [9.17, 15) is 19.2 Å². The highest BCUT2D eigenvalue weighted by Crippen LogP contribution is 2.45. The Labute approximate surface area is 154 Å². The minimum atomic E-state index is -1.53. The minimum Gasteiger partial charge on any atom is -0.211 e. The predicted octanol–water partition coefficient (Wildman–Crippen LogP) is 2.85. The fraction of sp³-hybridized carbons (Fsp3) is 0.263. The molecule has 0 aliphatic heterocycles. The summed E-state index contributed by atoms with van der Waals surface area (Å²) in [6, 6.07) is 6.89. The van der Waals surface area contributed by atoms with E-state index >= 15 is 0 Å². The van der Waals surface area contributed by atoms with Crippen LogP contribution in [0.2, 0.25) is 0 Å². The number of para-hydroxylation sites is 1. The zero-order valence-corrected chi connectivity index (χ0v) is 14.6. The molecule has 0 aromatic heterocycles. The molecular formula is C19H14N4O4. The molecule has 0 saturated heterocycles. The average molecular weight is 362 g/mol. The SMILES string of the molecule is CC(C)(C1=C(N=C=O)C=CC(N=C=O)(N=C=O)C1)c1ccccc1N=C=O. The van der Waals surface area contributed by atoms with Crippen LogP contribution in [0.25, 0.3) is 0 Å². The van der Waals surface area contributed by atoms with Gasteiger partial charge in [0.25, 0.3) is 0 Å². The van der Waals surface area contributed by atoms with Gasteiger partial charge in [0.05, 0.1) is 11.4 Å². The molecule has 2 rings (SSSR count). The normalized spacial score (nSPS) is 18.4. The van der Waals surface area contributed by atoms with E-state index in [1.807, 2.05) is 13.8 Å². The van der Waals surface area contributed by atoms with Gasteiger partial charge in [-0.1, -0.05) is 32.0 Å². The van der Waals surface area contributed by atoms with Crippen LogP contribution in [0.5, 0.6) is 0 Å². The van der Waals surface area contributed by atoms with Gasteiger partial charge in [-0.15, -0.1) is 0 Å². The standard InChI is InChI=1S/C19H14N4O4/c1-18(2,14-5-3-4-6-16(14)20-10-24)15-9-19(22-12-26,23-13-27)8-7-17(15)21-11-25/h3-8H,9H2,1-2H3. The van der Waals surface area contributed by atoms with Crippen LogP contribution in [-0.4, -0.2) is 30.0 Å². The zero-order valence-electron chi connectivity index (χ0n) is 14.6. The molecule has 8 heteroatoms. The largest absolute Gasteiger partial charge is 0.240 e. The van der Waals surface area contributed by atoms with E-state index < -0.39 is 11.1 Å². The van der Waals surface area contributed by atoms with Gasteiger partial charge in [-0.3, -0.25) is 0 Å². The molecule has 1 aromatic carbocycles. The van der Waals surface area contributed by atoms with Crippen LogP contribution in [0.4, 0.5) is 5.69 Å². The van der Waals surface area contributed by atoms with Crippen molar-refractivity contribution in [3.63, 3.8) is 0 Å². The van der Waals surface area contributed by atoms with Gasteiger partial charge in [0.2, 0.25) is 24.3 Å². The molecule has 0 spiro atoms. The Kier molecular flexibility index (Phi) is 5.84. The number of benzene rings is 1. The van der Waals surface area contributed by atoms with E-state index in [-0.39, 0.29) is 12.1 Å². The summed E-state index contributed by atoms with van der Waals surface area (Å²) in [5.74, 6) is 0. The third-order valence-electron chi connectivity index (χ3n) is 4.40. The number of aliphatic imine (C=N–C) groups is 4. The maximum absolute atomic E-state index is 10.9. The van der Waals surface area contributed by atoms with E-state index in [1.165, 1.54) is 36.5 Å². The fourth-order valence-corrected chi connectivity index (χ4v) is 3.07. The fourth-order valence-electron chi connectivity index (χ4n) is 3.07. The Morgan fingerprint density at radius 3 is 2.15 bits per heavy atom. The van der Waals surface area contributed by atoms with E-state index in [2.05, 4.69) is 20.0 Å². The van der Waals surface area contributed by atoms with Crippen molar-refractivity contribution in [2.45, 2.75) is 31.3 Å². The summed E-state index contributed by atoms with van der Waals surface area (Å²) in [5.41, 5.74) is -0.480. The lowest BCUT2D eigenvalue weighted by Crippen LogP contribution is -2.32. The van der Waals surface area contributed by atoms with Crippen molar-refractivity contribution in [2.75, 3.05) is 0 Å². The molecule has 27 heavy (non-hydrogen) atoms. The van der Waals surface area contributed by atoms with Gasteiger partial charge in [0.15, 0.2) is 5.66 Å². The van der Waals surface area contributed by atoms with Crippen molar-refractivity contribution in [3.8, 4) is 0 Å². The first kappa shape index (κ1) is 19.5. The van der Waals surface area contributed by atoms with Crippen molar-refractivity contribution < 1.29 is 19.2 Å². The van der Waals surface area contributed by atoms with Crippen molar-refractivity contribution in [1.82, 2.24) is 0 Å². The quantitative estimate of drug-likeness (QED) is 0.571. The number of hydrogen-bond acceptors (Lipinski definition) is 8. The first-order valence-electron chi connectivity index (χ1n) is 7.80. The Hall–Kier alpha value is -3.78. The predicted molar refractivity (Wildman–Crippen MR) is 95.1 cm³/mol. The Morgan fingerprint density at radius 2 is 1.56 bits per heavy atom. The first-order chi connectivity index (χ1) is 12.9. The maximum atomic E-state index is 10.9. The lowest BCUT2D eigenvalue weighted by molar-refractivity contribution is 0.467. The van der Waals surface area contributed by atoms with Gasteiger partial charge in [0, 0.05) is 11.8 Å². The molecular weight excluding hydrogens is 348 g/mol. The van der Waals surface area contributed by atoms with Crippen molar-refractivity contribution in [2.24, 2.45) is 20.0 Å². The van der Waals surface area contributed by atoms with Gasteiger partial charge < -0.3 is 0 Å². The Balaban J connectivity index is 2.75. The van der Waals surface area contributed by atoms with Gasteiger partial charge in [-0.2, -0.15) is 20.0 Å². The Bertz CT molecular complexity index is 994. The molecule has 8 nitrogen and oxygen atoms in total. The van der Waals surface area contributed by atoms with Crippen LogP contribution in [0.15, 0.2) is 67.7 Å². The second-order valence-electron chi connectivity index (χ2n) is 6.21. The second-order valence-corrected chi connectivity index (χ2v) is 6.21. The summed E-state index contributed by atoms with van der Waals surface area (Å²) in [7, 11) is 0. The third kappa shape index (κ3) is 3.91. The molecule has 0 N–H and O–H groups in total. The van der Waals surface area contributed by atoms with E-state index in [4.69, 9.17) is 0 Å². The summed E-state index contributed by atoms with van der Waals surface area (Å²) in [4.78, 5) is 58.0. The summed E-state index contributed by atoms with van der Waals surface area (Å²) >= 11 is 0.